The summed E-state index contributed by atoms with van der Waals surface area (Å²) in [7, 11) is 0. The molecule has 0 amide bonds. The van der Waals surface area contributed by atoms with Crippen molar-refractivity contribution in [1.82, 2.24) is 0 Å². The lowest BCUT2D eigenvalue weighted by molar-refractivity contribution is 0.0855. The predicted octanol–water partition coefficient (Wildman–Crippen LogP) is 2.57. The van der Waals surface area contributed by atoms with E-state index in [9.17, 15) is 5.11 Å². The van der Waals surface area contributed by atoms with E-state index in [0.29, 0.717) is 12.5 Å². The molecular weight excluding hydrogens is 198 g/mol. The Hall–Kier alpha value is -0.860. The summed E-state index contributed by atoms with van der Waals surface area (Å²) in [5.74, 6) is 0.516. The molecule has 0 aliphatic carbocycles. The normalized spacial score (nSPS) is 15.2. The van der Waals surface area contributed by atoms with Crippen molar-refractivity contribution in [2.45, 2.75) is 33.8 Å². The Morgan fingerprint density at radius 1 is 1.25 bits per heavy atom. The first-order chi connectivity index (χ1) is 7.47. The number of benzene rings is 1. The van der Waals surface area contributed by atoms with E-state index in [1.807, 2.05) is 19.1 Å². The molecule has 90 valence electrons. The number of aryl methyl sites for hydroxylation is 2. The van der Waals surface area contributed by atoms with Crippen LogP contribution in [0.25, 0.3) is 0 Å². The van der Waals surface area contributed by atoms with Crippen molar-refractivity contribution in [3.05, 3.63) is 34.9 Å². The Morgan fingerprint density at radius 2 is 1.88 bits per heavy atom. The van der Waals surface area contributed by atoms with Gasteiger partial charge in [-0.25, -0.2) is 0 Å². The molecule has 1 aromatic rings. The van der Waals surface area contributed by atoms with Crippen LogP contribution < -0.4 is 5.73 Å². The molecule has 0 spiro atoms. The second-order valence-corrected chi connectivity index (χ2v) is 4.95. The molecule has 16 heavy (non-hydrogen) atoms. The fraction of sp³-hybridized carbons (Fsp3) is 0.571. The zero-order chi connectivity index (χ0) is 12.3. The van der Waals surface area contributed by atoms with Gasteiger partial charge in [0.1, 0.15) is 0 Å². The highest BCUT2D eigenvalue weighted by molar-refractivity contribution is 5.32. The van der Waals surface area contributed by atoms with Crippen LogP contribution in [0, 0.1) is 25.7 Å². The number of aliphatic hydroxyl groups excluding tert-OH is 1. The highest BCUT2D eigenvalue weighted by Gasteiger charge is 2.23. The quantitative estimate of drug-likeness (QED) is 0.821. The molecule has 0 bridgehead atoms. The summed E-state index contributed by atoms with van der Waals surface area (Å²) < 4.78 is 0. The second kappa shape index (κ2) is 5.46. The largest absolute Gasteiger partial charge is 0.388 e. The lowest BCUT2D eigenvalue weighted by Gasteiger charge is -2.26. The molecule has 2 unspecified atom stereocenters. The second-order valence-electron chi connectivity index (χ2n) is 4.95. The first-order valence-corrected chi connectivity index (χ1v) is 5.92. The molecule has 2 heteroatoms. The highest BCUT2D eigenvalue weighted by atomic mass is 16.3. The van der Waals surface area contributed by atoms with Crippen LogP contribution in [0.15, 0.2) is 18.2 Å². The summed E-state index contributed by atoms with van der Waals surface area (Å²) in [5, 5.41) is 10.3. The molecule has 1 rings (SSSR count). The third-order valence-electron chi connectivity index (χ3n) is 3.28. The molecule has 0 aliphatic heterocycles. The molecule has 0 heterocycles. The van der Waals surface area contributed by atoms with Crippen LogP contribution in [-0.2, 0) is 0 Å². The van der Waals surface area contributed by atoms with Gasteiger partial charge >= 0.3 is 0 Å². The van der Waals surface area contributed by atoms with Crippen molar-refractivity contribution in [2.75, 3.05) is 6.54 Å². The fourth-order valence-corrected chi connectivity index (χ4v) is 2.15. The van der Waals surface area contributed by atoms with Crippen molar-refractivity contribution in [3.63, 3.8) is 0 Å². The van der Waals surface area contributed by atoms with E-state index in [1.165, 1.54) is 5.56 Å². The average molecular weight is 221 g/mol. The molecule has 2 nitrogen and oxygen atoms in total. The summed E-state index contributed by atoms with van der Waals surface area (Å²) in [5.41, 5.74) is 9.11. The van der Waals surface area contributed by atoms with Crippen molar-refractivity contribution in [3.8, 4) is 0 Å². The fourth-order valence-electron chi connectivity index (χ4n) is 2.15. The number of rotatable bonds is 4. The van der Waals surface area contributed by atoms with Crippen LogP contribution in [0.5, 0.6) is 0 Å². The van der Waals surface area contributed by atoms with Crippen molar-refractivity contribution in [1.29, 1.82) is 0 Å². The highest BCUT2D eigenvalue weighted by Crippen LogP contribution is 2.29. The van der Waals surface area contributed by atoms with Gasteiger partial charge in [-0.05, 0) is 37.4 Å². The third-order valence-corrected chi connectivity index (χ3v) is 3.28. The molecule has 3 N–H and O–H groups in total. The van der Waals surface area contributed by atoms with Gasteiger partial charge in [-0.1, -0.05) is 37.6 Å². The van der Waals surface area contributed by atoms with E-state index in [1.54, 1.807) is 0 Å². The van der Waals surface area contributed by atoms with Gasteiger partial charge in [0, 0.05) is 5.92 Å². The van der Waals surface area contributed by atoms with Gasteiger partial charge in [0.25, 0.3) is 0 Å². The zero-order valence-electron chi connectivity index (χ0n) is 10.7. The zero-order valence-corrected chi connectivity index (χ0v) is 10.7. The standard InChI is InChI=1S/C14H23NO/c1-9(2)13(8-15)14(16)12-6-5-10(3)7-11(12)4/h5-7,9,13-14,16H,8,15H2,1-4H3. The van der Waals surface area contributed by atoms with E-state index in [2.05, 4.69) is 26.8 Å². The van der Waals surface area contributed by atoms with Gasteiger partial charge in [0.15, 0.2) is 0 Å². The first kappa shape index (κ1) is 13.2. The monoisotopic (exact) mass is 221 g/mol. The summed E-state index contributed by atoms with van der Waals surface area (Å²) in [6.45, 7) is 8.83. The topological polar surface area (TPSA) is 46.2 Å². The van der Waals surface area contributed by atoms with Gasteiger partial charge in [0.05, 0.1) is 6.10 Å². The first-order valence-electron chi connectivity index (χ1n) is 5.92. The minimum Gasteiger partial charge on any atom is -0.388 e. The Balaban J connectivity index is 2.99. The summed E-state index contributed by atoms with van der Waals surface area (Å²) in [4.78, 5) is 0. The molecule has 0 radical (unpaired) electrons. The molecule has 0 aliphatic rings. The van der Waals surface area contributed by atoms with Gasteiger partial charge < -0.3 is 10.8 Å². The summed E-state index contributed by atoms with van der Waals surface area (Å²) >= 11 is 0. The third kappa shape index (κ3) is 2.83. The Morgan fingerprint density at radius 3 is 2.31 bits per heavy atom. The van der Waals surface area contributed by atoms with Crippen molar-refractivity contribution < 1.29 is 5.11 Å². The van der Waals surface area contributed by atoms with Crippen LogP contribution in [0.3, 0.4) is 0 Å². The lowest BCUT2D eigenvalue weighted by Crippen LogP contribution is -2.27. The average Bonchev–Trinajstić information content (AvgIpc) is 2.17. The molecule has 2 atom stereocenters. The van der Waals surface area contributed by atoms with Crippen molar-refractivity contribution in [2.24, 2.45) is 17.6 Å². The van der Waals surface area contributed by atoms with Crippen LogP contribution in [0.4, 0.5) is 0 Å². The lowest BCUT2D eigenvalue weighted by atomic mass is 9.85. The number of nitrogens with two attached hydrogens (primary N) is 1. The molecule has 0 fully saturated rings. The summed E-state index contributed by atoms with van der Waals surface area (Å²) in [6, 6.07) is 6.16. The minimum absolute atomic E-state index is 0.126. The van der Waals surface area contributed by atoms with E-state index in [4.69, 9.17) is 5.73 Å². The van der Waals surface area contributed by atoms with Crippen molar-refractivity contribution >= 4 is 0 Å². The van der Waals surface area contributed by atoms with Crippen LogP contribution in [-0.4, -0.2) is 11.7 Å². The maximum absolute atomic E-state index is 10.3. The number of hydrogen-bond acceptors (Lipinski definition) is 2. The van der Waals surface area contributed by atoms with Crippen LogP contribution >= 0.6 is 0 Å². The van der Waals surface area contributed by atoms with Gasteiger partial charge in [-0.15, -0.1) is 0 Å². The number of hydrogen-bond donors (Lipinski definition) is 2. The Bertz CT molecular complexity index is 347. The molecule has 0 saturated carbocycles. The SMILES string of the molecule is Cc1ccc(C(O)C(CN)C(C)C)c(C)c1. The molecular formula is C14H23NO. The number of aliphatic hydroxyl groups is 1. The smallest absolute Gasteiger partial charge is 0.0835 e. The maximum Gasteiger partial charge on any atom is 0.0835 e. The van der Waals surface area contributed by atoms with Gasteiger partial charge in [-0.2, -0.15) is 0 Å². The van der Waals surface area contributed by atoms with Crippen LogP contribution in [0.2, 0.25) is 0 Å². The van der Waals surface area contributed by atoms with E-state index >= 15 is 0 Å². The predicted molar refractivity (Wildman–Crippen MR) is 68.3 cm³/mol. The van der Waals surface area contributed by atoms with Crippen LogP contribution in [0.1, 0.15) is 36.6 Å². The van der Waals surface area contributed by atoms with Gasteiger partial charge in [0.2, 0.25) is 0 Å². The molecule has 0 saturated heterocycles. The van der Waals surface area contributed by atoms with Gasteiger partial charge in [-0.3, -0.25) is 0 Å². The Kier molecular flexibility index (Phi) is 4.51. The van der Waals surface area contributed by atoms with E-state index in [0.717, 1.165) is 11.1 Å². The minimum atomic E-state index is -0.453. The van der Waals surface area contributed by atoms with E-state index in [-0.39, 0.29) is 5.92 Å². The summed E-state index contributed by atoms with van der Waals surface area (Å²) in [6.07, 6.45) is -0.453. The van der Waals surface area contributed by atoms with E-state index < -0.39 is 6.10 Å². The molecule has 1 aromatic carbocycles. The molecule has 0 aromatic heterocycles. The maximum atomic E-state index is 10.3. The Labute approximate surface area is 98.5 Å².